The topological polar surface area (TPSA) is 71.1 Å². The summed E-state index contributed by atoms with van der Waals surface area (Å²) in [6, 6.07) is 0. The zero-order chi connectivity index (χ0) is 13.6. The van der Waals surface area contributed by atoms with Gasteiger partial charge in [0.2, 0.25) is 0 Å². The van der Waals surface area contributed by atoms with Crippen molar-refractivity contribution in [1.82, 2.24) is 4.90 Å². The summed E-state index contributed by atoms with van der Waals surface area (Å²) >= 11 is 0. The zero-order valence-electron chi connectivity index (χ0n) is 9.99. The number of hydrogen-bond acceptors (Lipinski definition) is 4. The summed E-state index contributed by atoms with van der Waals surface area (Å²) in [5.41, 5.74) is 5.52. The van der Waals surface area contributed by atoms with Gasteiger partial charge in [0.05, 0.1) is 6.61 Å². The second-order valence-electron chi connectivity index (χ2n) is 4.33. The summed E-state index contributed by atoms with van der Waals surface area (Å²) in [6.45, 7) is 0.619. The van der Waals surface area contributed by atoms with Crippen LogP contribution in [0.15, 0.2) is 5.16 Å². The quantitative estimate of drug-likeness (QED) is 0.257. The first-order chi connectivity index (χ1) is 8.42. The Labute approximate surface area is 103 Å². The lowest BCUT2D eigenvalue weighted by atomic mass is 9.97. The van der Waals surface area contributed by atoms with Crippen LogP contribution in [-0.4, -0.2) is 55.0 Å². The molecule has 1 heterocycles. The molecule has 1 rings (SSSR count). The van der Waals surface area contributed by atoms with E-state index in [1.165, 1.54) is 0 Å². The van der Waals surface area contributed by atoms with Crippen LogP contribution < -0.4 is 5.73 Å². The molecule has 0 aliphatic carbocycles. The summed E-state index contributed by atoms with van der Waals surface area (Å²) in [5.74, 6) is 0.141. The van der Waals surface area contributed by atoms with Crippen molar-refractivity contribution in [3.8, 4) is 0 Å². The molecule has 0 aromatic carbocycles. The number of amidine groups is 1. The Morgan fingerprint density at radius 3 is 2.83 bits per heavy atom. The lowest BCUT2D eigenvalue weighted by Crippen LogP contribution is -2.42. The summed E-state index contributed by atoms with van der Waals surface area (Å²) in [7, 11) is 0. The van der Waals surface area contributed by atoms with Crippen molar-refractivity contribution in [3.63, 3.8) is 0 Å². The fourth-order valence-corrected chi connectivity index (χ4v) is 1.96. The molecule has 1 saturated heterocycles. The molecule has 106 valence electrons. The Morgan fingerprint density at radius 2 is 2.22 bits per heavy atom. The number of oxime groups is 1. The maximum absolute atomic E-state index is 11.8. The van der Waals surface area contributed by atoms with E-state index in [1.54, 1.807) is 0 Å². The van der Waals surface area contributed by atoms with Crippen LogP contribution in [0.5, 0.6) is 0 Å². The number of halogens is 3. The molecular weight excluding hydrogens is 251 g/mol. The molecule has 0 amide bonds. The maximum atomic E-state index is 11.8. The minimum atomic E-state index is -4.28. The molecule has 5 nitrogen and oxygen atoms in total. The van der Waals surface area contributed by atoms with Gasteiger partial charge in [0.15, 0.2) is 0 Å². The van der Waals surface area contributed by atoms with Crippen molar-refractivity contribution in [2.24, 2.45) is 16.8 Å². The van der Waals surface area contributed by atoms with Gasteiger partial charge in [-0.15, -0.1) is 0 Å². The van der Waals surface area contributed by atoms with Gasteiger partial charge in [-0.25, -0.2) is 0 Å². The number of piperidine rings is 1. The van der Waals surface area contributed by atoms with E-state index >= 15 is 0 Å². The Bertz CT molecular complexity index is 284. The van der Waals surface area contributed by atoms with Crippen LogP contribution in [0.3, 0.4) is 0 Å². The summed E-state index contributed by atoms with van der Waals surface area (Å²) < 4.78 is 40.1. The molecule has 3 N–H and O–H groups in total. The molecule has 0 spiro atoms. The van der Waals surface area contributed by atoms with E-state index < -0.39 is 12.8 Å². The third-order valence-corrected chi connectivity index (χ3v) is 2.86. The standard InChI is InChI=1S/C10H18F3N3O2/c11-10(12,13)7-18-5-4-16-3-1-2-8(6-16)9(14)15-17/h8,17H,1-7H2,(H2,14,15). The molecule has 1 aliphatic rings. The fraction of sp³-hybridized carbons (Fsp3) is 0.900. The van der Waals surface area contributed by atoms with Crippen LogP contribution in [0.25, 0.3) is 0 Å². The fourth-order valence-electron chi connectivity index (χ4n) is 1.96. The molecule has 1 unspecified atom stereocenters. The van der Waals surface area contributed by atoms with Crippen LogP contribution >= 0.6 is 0 Å². The number of ether oxygens (including phenoxy) is 1. The Kier molecular flexibility index (Phi) is 5.67. The third kappa shape index (κ3) is 5.54. The molecule has 1 atom stereocenters. The first-order valence-corrected chi connectivity index (χ1v) is 5.76. The van der Waals surface area contributed by atoms with Crippen LogP contribution in [-0.2, 0) is 4.74 Å². The maximum Gasteiger partial charge on any atom is 0.411 e. The van der Waals surface area contributed by atoms with Crippen LogP contribution in [0, 0.1) is 5.92 Å². The average molecular weight is 269 g/mol. The minimum absolute atomic E-state index is 0.0302. The van der Waals surface area contributed by atoms with Crippen molar-refractivity contribution < 1.29 is 23.1 Å². The smallest absolute Gasteiger partial charge is 0.409 e. The minimum Gasteiger partial charge on any atom is -0.409 e. The summed E-state index contributed by atoms with van der Waals surface area (Å²) in [6.07, 6.45) is -2.58. The van der Waals surface area contributed by atoms with Crippen LogP contribution in [0.4, 0.5) is 13.2 Å². The normalized spacial score (nSPS) is 23.3. The number of alkyl halides is 3. The molecule has 0 saturated carbocycles. The first kappa shape index (κ1) is 15.0. The second kappa shape index (κ2) is 6.79. The zero-order valence-corrected chi connectivity index (χ0v) is 9.99. The van der Waals surface area contributed by atoms with E-state index in [2.05, 4.69) is 9.89 Å². The third-order valence-electron chi connectivity index (χ3n) is 2.86. The Hall–Kier alpha value is -1.02. The van der Waals surface area contributed by atoms with Gasteiger partial charge in [0, 0.05) is 19.0 Å². The molecular formula is C10H18F3N3O2. The highest BCUT2D eigenvalue weighted by molar-refractivity contribution is 5.82. The molecule has 0 radical (unpaired) electrons. The second-order valence-corrected chi connectivity index (χ2v) is 4.33. The molecule has 0 aromatic rings. The van der Waals surface area contributed by atoms with E-state index in [4.69, 9.17) is 10.9 Å². The Balaban J connectivity index is 2.22. The highest BCUT2D eigenvalue weighted by Crippen LogP contribution is 2.17. The Morgan fingerprint density at radius 1 is 1.50 bits per heavy atom. The molecule has 0 bridgehead atoms. The highest BCUT2D eigenvalue weighted by Gasteiger charge is 2.28. The lowest BCUT2D eigenvalue weighted by Gasteiger charge is -2.31. The van der Waals surface area contributed by atoms with Crippen molar-refractivity contribution >= 4 is 5.84 Å². The molecule has 18 heavy (non-hydrogen) atoms. The van der Waals surface area contributed by atoms with Gasteiger partial charge in [0.1, 0.15) is 12.4 Å². The summed E-state index contributed by atoms with van der Waals surface area (Å²) in [4.78, 5) is 1.96. The predicted octanol–water partition coefficient (Wildman–Crippen LogP) is 1.02. The van der Waals surface area contributed by atoms with Gasteiger partial charge in [-0.3, -0.25) is 0 Å². The van der Waals surface area contributed by atoms with Gasteiger partial charge in [0.25, 0.3) is 0 Å². The van der Waals surface area contributed by atoms with E-state index in [-0.39, 0.29) is 18.4 Å². The largest absolute Gasteiger partial charge is 0.411 e. The molecule has 8 heteroatoms. The van der Waals surface area contributed by atoms with Gasteiger partial charge in [-0.1, -0.05) is 5.16 Å². The monoisotopic (exact) mass is 269 g/mol. The van der Waals surface area contributed by atoms with Gasteiger partial charge in [-0.2, -0.15) is 13.2 Å². The first-order valence-electron chi connectivity index (χ1n) is 5.76. The SMILES string of the molecule is NC(=NO)C1CCCN(CCOCC(F)(F)F)C1. The number of rotatable bonds is 5. The number of likely N-dealkylation sites (tertiary alicyclic amines) is 1. The average Bonchev–Trinajstić information content (AvgIpc) is 2.33. The van der Waals surface area contributed by atoms with Crippen molar-refractivity contribution in [1.29, 1.82) is 0 Å². The van der Waals surface area contributed by atoms with Crippen molar-refractivity contribution in [2.75, 3.05) is 32.8 Å². The highest BCUT2D eigenvalue weighted by atomic mass is 19.4. The van der Waals surface area contributed by atoms with Gasteiger partial charge in [-0.05, 0) is 19.4 Å². The van der Waals surface area contributed by atoms with Crippen LogP contribution in [0.1, 0.15) is 12.8 Å². The number of nitrogens with two attached hydrogens (primary N) is 1. The van der Waals surface area contributed by atoms with Crippen molar-refractivity contribution in [3.05, 3.63) is 0 Å². The van der Waals surface area contributed by atoms with E-state index in [0.29, 0.717) is 13.1 Å². The molecule has 1 fully saturated rings. The molecule has 0 aromatic heterocycles. The van der Waals surface area contributed by atoms with E-state index in [0.717, 1.165) is 19.4 Å². The van der Waals surface area contributed by atoms with Crippen molar-refractivity contribution in [2.45, 2.75) is 19.0 Å². The molecule has 1 aliphatic heterocycles. The lowest BCUT2D eigenvalue weighted by molar-refractivity contribution is -0.174. The number of nitrogens with zero attached hydrogens (tertiary/aromatic N) is 2. The van der Waals surface area contributed by atoms with Gasteiger partial charge >= 0.3 is 6.18 Å². The van der Waals surface area contributed by atoms with E-state index in [9.17, 15) is 13.2 Å². The van der Waals surface area contributed by atoms with E-state index in [1.807, 2.05) is 4.90 Å². The van der Waals surface area contributed by atoms with Crippen LogP contribution in [0.2, 0.25) is 0 Å². The van der Waals surface area contributed by atoms with Gasteiger partial charge < -0.3 is 20.6 Å². The summed E-state index contributed by atoms with van der Waals surface area (Å²) in [5, 5.41) is 11.5. The number of hydrogen-bond donors (Lipinski definition) is 2. The predicted molar refractivity (Wildman–Crippen MR) is 59.4 cm³/mol.